The van der Waals surface area contributed by atoms with Crippen LogP contribution in [0.25, 0.3) is 5.69 Å². The zero-order valence-corrected chi connectivity index (χ0v) is 14.0. The van der Waals surface area contributed by atoms with Gasteiger partial charge in [-0.2, -0.15) is 0 Å². The molecular formula is C20H21N3O. The van der Waals surface area contributed by atoms with Crippen LogP contribution < -0.4 is 5.32 Å². The molecule has 122 valence electrons. The van der Waals surface area contributed by atoms with E-state index >= 15 is 0 Å². The van der Waals surface area contributed by atoms with Crippen LogP contribution in [0, 0.1) is 13.8 Å². The molecule has 0 spiro atoms. The first-order chi connectivity index (χ1) is 11.6. The van der Waals surface area contributed by atoms with Gasteiger partial charge in [-0.15, -0.1) is 0 Å². The molecule has 0 bridgehead atoms. The SMILES string of the molecule is Cc1ccc(C)n1-c1ccc(C(=O)NCCc2ccccn2)cc1. The van der Waals surface area contributed by atoms with Gasteiger partial charge in [0.15, 0.2) is 0 Å². The van der Waals surface area contributed by atoms with Gasteiger partial charge in [0.25, 0.3) is 5.91 Å². The summed E-state index contributed by atoms with van der Waals surface area (Å²) in [6.45, 7) is 4.73. The average molecular weight is 319 g/mol. The third-order valence-corrected chi connectivity index (χ3v) is 4.05. The lowest BCUT2D eigenvalue weighted by Crippen LogP contribution is -2.25. The Kier molecular flexibility index (Phi) is 4.75. The second kappa shape index (κ2) is 7.13. The zero-order chi connectivity index (χ0) is 16.9. The number of amides is 1. The molecule has 1 aromatic carbocycles. The number of pyridine rings is 1. The highest BCUT2D eigenvalue weighted by molar-refractivity contribution is 5.94. The summed E-state index contributed by atoms with van der Waals surface area (Å²) in [5, 5.41) is 2.94. The molecular weight excluding hydrogens is 298 g/mol. The molecule has 2 heterocycles. The summed E-state index contributed by atoms with van der Waals surface area (Å²) in [5.74, 6) is -0.0570. The molecule has 0 unspecified atom stereocenters. The maximum Gasteiger partial charge on any atom is 0.251 e. The minimum absolute atomic E-state index is 0.0570. The monoisotopic (exact) mass is 319 g/mol. The number of carbonyl (C=O) groups excluding carboxylic acids is 1. The number of nitrogens with one attached hydrogen (secondary N) is 1. The molecule has 1 amide bonds. The Bertz CT molecular complexity index is 800. The van der Waals surface area contributed by atoms with Crippen molar-refractivity contribution in [2.24, 2.45) is 0 Å². The van der Waals surface area contributed by atoms with Gasteiger partial charge in [0.2, 0.25) is 0 Å². The molecule has 4 heteroatoms. The van der Waals surface area contributed by atoms with E-state index in [-0.39, 0.29) is 5.91 Å². The van der Waals surface area contributed by atoms with E-state index in [9.17, 15) is 4.79 Å². The van der Waals surface area contributed by atoms with Crippen LogP contribution in [0.1, 0.15) is 27.4 Å². The van der Waals surface area contributed by atoms with E-state index in [4.69, 9.17) is 0 Å². The molecule has 0 radical (unpaired) electrons. The summed E-state index contributed by atoms with van der Waals surface area (Å²) in [6, 6.07) is 17.7. The van der Waals surface area contributed by atoms with Crippen LogP contribution in [0.3, 0.4) is 0 Å². The summed E-state index contributed by atoms with van der Waals surface area (Å²) < 4.78 is 2.17. The fourth-order valence-corrected chi connectivity index (χ4v) is 2.79. The van der Waals surface area contributed by atoms with E-state index in [0.29, 0.717) is 12.1 Å². The van der Waals surface area contributed by atoms with Gasteiger partial charge in [0, 0.05) is 47.5 Å². The average Bonchev–Trinajstić information content (AvgIpc) is 2.94. The number of carbonyl (C=O) groups is 1. The highest BCUT2D eigenvalue weighted by Gasteiger charge is 2.07. The van der Waals surface area contributed by atoms with Crippen LogP contribution >= 0.6 is 0 Å². The van der Waals surface area contributed by atoms with E-state index < -0.39 is 0 Å². The molecule has 4 nitrogen and oxygen atoms in total. The van der Waals surface area contributed by atoms with E-state index in [1.165, 1.54) is 11.4 Å². The number of aromatic nitrogens is 2. The Morgan fingerprint density at radius 1 is 1.00 bits per heavy atom. The normalized spacial score (nSPS) is 10.6. The van der Waals surface area contributed by atoms with Gasteiger partial charge in [-0.05, 0) is 62.4 Å². The van der Waals surface area contributed by atoms with Crippen molar-refractivity contribution in [3.8, 4) is 5.69 Å². The van der Waals surface area contributed by atoms with Gasteiger partial charge in [-0.1, -0.05) is 6.07 Å². The maximum atomic E-state index is 12.2. The second-order valence-corrected chi connectivity index (χ2v) is 5.83. The largest absolute Gasteiger partial charge is 0.352 e. The molecule has 3 aromatic rings. The molecule has 0 fully saturated rings. The van der Waals surface area contributed by atoms with Crippen molar-refractivity contribution >= 4 is 5.91 Å². The van der Waals surface area contributed by atoms with Crippen molar-refractivity contribution in [2.45, 2.75) is 20.3 Å². The van der Waals surface area contributed by atoms with Crippen molar-refractivity contribution < 1.29 is 4.79 Å². The van der Waals surface area contributed by atoms with Crippen LogP contribution in [0.4, 0.5) is 0 Å². The van der Waals surface area contributed by atoms with Gasteiger partial charge in [-0.25, -0.2) is 0 Å². The van der Waals surface area contributed by atoms with Gasteiger partial charge >= 0.3 is 0 Å². The lowest BCUT2D eigenvalue weighted by atomic mass is 10.2. The smallest absolute Gasteiger partial charge is 0.251 e. The summed E-state index contributed by atoms with van der Waals surface area (Å²) in [5.41, 5.74) is 5.08. The fourth-order valence-electron chi connectivity index (χ4n) is 2.79. The van der Waals surface area contributed by atoms with Crippen molar-refractivity contribution in [3.05, 3.63) is 83.4 Å². The Morgan fingerprint density at radius 3 is 2.33 bits per heavy atom. The molecule has 0 aliphatic heterocycles. The highest BCUT2D eigenvalue weighted by atomic mass is 16.1. The van der Waals surface area contributed by atoms with E-state index in [0.717, 1.165) is 17.8 Å². The molecule has 24 heavy (non-hydrogen) atoms. The molecule has 2 aromatic heterocycles. The van der Waals surface area contributed by atoms with Crippen LogP contribution in [0.2, 0.25) is 0 Å². The molecule has 0 atom stereocenters. The molecule has 0 saturated carbocycles. The third kappa shape index (κ3) is 3.54. The predicted octanol–water partition coefficient (Wildman–Crippen LogP) is 3.46. The van der Waals surface area contributed by atoms with Gasteiger partial charge in [0.1, 0.15) is 0 Å². The number of rotatable bonds is 5. The predicted molar refractivity (Wildman–Crippen MR) is 95.5 cm³/mol. The number of nitrogens with zero attached hydrogens (tertiary/aromatic N) is 2. The summed E-state index contributed by atoms with van der Waals surface area (Å²) in [7, 11) is 0. The Labute approximate surface area is 142 Å². The molecule has 1 N–H and O–H groups in total. The van der Waals surface area contributed by atoms with Crippen molar-refractivity contribution in [1.82, 2.24) is 14.9 Å². The van der Waals surface area contributed by atoms with Gasteiger partial charge < -0.3 is 9.88 Å². The zero-order valence-electron chi connectivity index (χ0n) is 14.0. The quantitative estimate of drug-likeness (QED) is 0.783. The minimum atomic E-state index is -0.0570. The molecule has 0 aliphatic carbocycles. The third-order valence-electron chi connectivity index (χ3n) is 4.05. The first kappa shape index (κ1) is 16.0. The van der Waals surface area contributed by atoms with Crippen LogP contribution in [-0.2, 0) is 6.42 Å². The number of hydrogen-bond donors (Lipinski definition) is 1. The van der Waals surface area contributed by atoms with Gasteiger partial charge in [-0.3, -0.25) is 9.78 Å². The minimum Gasteiger partial charge on any atom is -0.352 e. The Morgan fingerprint density at radius 2 is 1.71 bits per heavy atom. The summed E-state index contributed by atoms with van der Waals surface area (Å²) in [4.78, 5) is 16.5. The van der Waals surface area contributed by atoms with Crippen LogP contribution in [0.15, 0.2) is 60.8 Å². The molecule has 0 saturated heterocycles. The van der Waals surface area contributed by atoms with E-state index in [1.54, 1.807) is 6.20 Å². The number of aryl methyl sites for hydroxylation is 2. The van der Waals surface area contributed by atoms with E-state index in [2.05, 4.69) is 40.8 Å². The van der Waals surface area contributed by atoms with Crippen LogP contribution in [-0.4, -0.2) is 22.0 Å². The van der Waals surface area contributed by atoms with E-state index in [1.807, 2.05) is 42.5 Å². The fraction of sp³-hybridized carbons (Fsp3) is 0.200. The van der Waals surface area contributed by atoms with Gasteiger partial charge in [0.05, 0.1) is 0 Å². The highest BCUT2D eigenvalue weighted by Crippen LogP contribution is 2.16. The number of benzene rings is 1. The topological polar surface area (TPSA) is 46.9 Å². The lowest BCUT2D eigenvalue weighted by molar-refractivity contribution is 0.0954. The van der Waals surface area contributed by atoms with Crippen molar-refractivity contribution in [2.75, 3.05) is 6.54 Å². The summed E-state index contributed by atoms with van der Waals surface area (Å²) >= 11 is 0. The molecule has 3 rings (SSSR count). The number of hydrogen-bond acceptors (Lipinski definition) is 2. The van der Waals surface area contributed by atoms with Crippen LogP contribution in [0.5, 0.6) is 0 Å². The van der Waals surface area contributed by atoms with Crippen molar-refractivity contribution in [3.63, 3.8) is 0 Å². The summed E-state index contributed by atoms with van der Waals surface area (Å²) in [6.07, 6.45) is 2.49. The first-order valence-corrected chi connectivity index (χ1v) is 8.08. The Hall–Kier alpha value is -2.88. The molecule has 0 aliphatic rings. The standard InChI is InChI=1S/C20H21N3O/c1-15-6-7-16(2)23(15)19-10-8-17(9-11-19)20(24)22-14-12-18-5-3-4-13-21-18/h3-11,13H,12,14H2,1-2H3,(H,22,24). The van der Waals surface area contributed by atoms with Crippen molar-refractivity contribution in [1.29, 1.82) is 0 Å². The lowest BCUT2D eigenvalue weighted by Gasteiger charge is -2.10. The Balaban J connectivity index is 1.62. The second-order valence-electron chi connectivity index (χ2n) is 5.83. The maximum absolute atomic E-state index is 12.2. The first-order valence-electron chi connectivity index (χ1n) is 8.08.